The van der Waals surface area contributed by atoms with Crippen LogP contribution in [-0.2, 0) is 5.41 Å². The van der Waals surface area contributed by atoms with Gasteiger partial charge in [0.05, 0.1) is 0 Å². The minimum Gasteiger partial charge on any atom is -0.311 e. The van der Waals surface area contributed by atoms with Crippen LogP contribution in [-0.4, -0.2) is 0 Å². The van der Waals surface area contributed by atoms with Gasteiger partial charge in [0.1, 0.15) is 0 Å². The molecule has 0 atom stereocenters. The number of hydrogen-bond donors (Lipinski definition) is 0. The van der Waals surface area contributed by atoms with Crippen LogP contribution in [0.15, 0.2) is 224 Å². The number of anilines is 3. The molecule has 0 saturated carbocycles. The van der Waals surface area contributed by atoms with Gasteiger partial charge >= 0.3 is 0 Å². The molecule has 0 radical (unpaired) electrons. The van der Waals surface area contributed by atoms with E-state index in [1.807, 2.05) is 0 Å². The van der Waals surface area contributed by atoms with Crippen LogP contribution in [0.4, 0.5) is 17.1 Å². The fourth-order valence-electron chi connectivity index (χ4n) is 9.78. The third-order valence-corrected chi connectivity index (χ3v) is 12.7. The highest BCUT2D eigenvalue weighted by atomic mass is 15.1. The van der Waals surface area contributed by atoms with E-state index in [1.165, 1.54) is 88.3 Å². The van der Waals surface area contributed by atoms with Crippen LogP contribution >= 0.6 is 0 Å². The summed E-state index contributed by atoms with van der Waals surface area (Å²) in [5, 5.41) is 5.18. The lowest BCUT2D eigenvalue weighted by Crippen LogP contribution is -2.25. The van der Waals surface area contributed by atoms with Crippen molar-refractivity contribution >= 4 is 38.6 Å². The van der Waals surface area contributed by atoms with Gasteiger partial charge in [0.15, 0.2) is 0 Å². The van der Waals surface area contributed by atoms with Crippen LogP contribution < -0.4 is 4.90 Å². The highest BCUT2D eigenvalue weighted by Gasteiger charge is 2.37. The minimum absolute atomic E-state index is 0.235. The molecule has 0 bridgehead atoms. The van der Waals surface area contributed by atoms with Crippen LogP contribution in [0.2, 0.25) is 0 Å². The zero-order valence-corrected chi connectivity index (χ0v) is 33.8. The molecule has 0 fully saturated rings. The second kappa shape index (κ2) is 14.4. The van der Waals surface area contributed by atoms with E-state index >= 15 is 0 Å². The SMILES string of the molecule is CC1(C)c2c(-c3ccc(N(c4ccc(-c5ccccc5)cc4)c4ccc(-c5ccccc5)cc4)cc3)cccc2-c2c(-c3cccc4ccccc34)ccc3cccc1c23. The molecule has 10 aromatic rings. The van der Waals surface area contributed by atoms with Crippen molar-refractivity contribution in [1.29, 1.82) is 0 Å². The Kier molecular flexibility index (Phi) is 8.57. The van der Waals surface area contributed by atoms with Gasteiger partial charge in [0, 0.05) is 22.5 Å². The molecule has 1 nitrogen and oxygen atoms in total. The van der Waals surface area contributed by atoms with E-state index in [0.717, 1.165) is 17.1 Å². The van der Waals surface area contributed by atoms with Gasteiger partial charge in [-0.1, -0.05) is 202 Å². The fraction of sp³-hybridized carbons (Fsp3) is 0.0508. The molecule has 1 heteroatoms. The van der Waals surface area contributed by atoms with Gasteiger partial charge in [0.2, 0.25) is 0 Å². The normalized spacial score (nSPS) is 12.6. The van der Waals surface area contributed by atoms with E-state index < -0.39 is 0 Å². The summed E-state index contributed by atoms with van der Waals surface area (Å²) in [5.74, 6) is 0. The molecule has 10 aromatic carbocycles. The van der Waals surface area contributed by atoms with Crippen molar-refractivity contribution in [2.24, 2.45) is 0 Å². The van der Waals surface area contributed by atoms with Crippen molar-refractivity contribution in [3.8, 4) is 55.6 Å². The highest BCUT2D eigenvalue weighted by Crippen LogP contribution is 2.55. The molecule has 0 aliphatic heterocycles. The Morgan fingerprint density at radius 2 is 0.783 bits per heavy atom. The number of rotatable bonds is 7. The Morgan fingerprint density at radius 1 is 0.317 bits per heavy atom. The van der Waals surface area contributed by atoms with Gasteiger partial charge in [-0.3, -0.25) is 0 Å². The highest BCUT2D eigenvalue weighted by molar-refractivity contribution is 6.13. The van der Waals surface area contributed by atoms with Crippen LogP contribution in [0.1, 0.15) is 25.0 Å². The average Bonchev–Trinajstić information content (AvgIpc) is 3.31. The molecule has 0 heterocycles. The molecule has 0 unspecified atom stereocenters. The maximum absolute atomic E-state index is 2.41. The Morgan fingerprint density at radius 3 is 1.42 bits per heavy atom. The number of benzene rings is 10. The zero-order valence-electron chi connectivity index (χ0n) is 33.8. The first-order chi connectivity index (χ1) is 29.5. The molecule has 0 N–H and O–H groups in total. The smallest absolute Gasteiger partial charge is 0.0462 e. The Labute approximate surface area is 352 Å². The second-order valence-electron chi connectivity index (χ2n) is 16.5. The summed E-state index contributed by atoms with van der Waals surface area (Å²) in [7, 11) is 0. The van der Waals surface area contributed by atoms with Gasteiger partial charge in [-0.2, -0.15) is 0 Å². The first-order valence-electron chi connectivity index (χ1n) is 20.9. The number of fused-ring (bicyclic) bond motifs is 3. The molecule has 0 saturated heterocycles. The standard InChI is InChI=1S/C59H43N/c1-59(2)55-25-12-20-46-32-39-53(52-23-11-19-44-18-9-10-21-50(44)52)57(56(46)55)54-24-13-22-51(58(54)59)45-30-37-49(38-31-45)60(47-33-26-42(27-34-47)40-14-5-3-6-15-40)48-35-28-43(29-36-48)41-16-7-4-8-17-41/h3-39H,1-2H3. The third-order valence-electron chi connectivity index (χ3n) is 12.7. The molecule has 1 aliphatic rings. The topological polar surface area (TPSA) is 3.24 Å². The lowest BCUT2D eigenvalue weighted by molar-refractivity contribution is 0.647. The van der Waals surface area contributed by atoms with E-state index in [-0.39, 0.29) is 5.41 Å². The summed E-state index contributed by atoms with van der Waals surface area (Å²) in [6, 6.07) is 82.2. The van der Waals surface area contributed by atoms with Crippen molar-refractivity contribution in [2.75, 3.05) is 4.90 Å². The predicted octanol–water partition coefficient (Wildman–Crippen LogP) is 16.4. The maximum atomic E-state index is 2.41. The maximum Gasteiger partial charge on any atom is 0.0462 e. The van der Waals surface area contributed by atoms with Crippen molar-refractivity contribution in [1.82, 2.24) is 0 Å². The van der Waals surface area contributed by atoms with Gasteiger partial charge < -0.3 is 4.90 Å². The first kappa shape index (κ1) is 35.7. The van der Waals surface area contributed by atoms with E-state index in [4.69, 9.17) is 0 Å². The summed E-state index contributed by atoms with van der Waals surface area (Å²) in [4.78, 5) is 2.37. The molecule has 284 valence electrons. The predicted molar refractivity (Wildman–Crippen MR) is 255 cm³/mol. The first-order valence-corrected chi connectivity index (χ1v) is 20.9. The molecule has 0 spiro atoms. The summed E-state index contributed by atoms with van der Waals surface area (Å²) in [6.07, 6.45) is 0. The lowest BCUT2D eigenvalue weighted by Gasteiger charge is -2.38. The quantitative estimate of drug-likeness (QED) is 0.156. The Bertz CT molecular complexity index is 3090. The van der Waals surface area contributed by atoms with Crippen LogP contribution in [0, 0.1) is 0 Å². The van der Waals surface area contributed by atoms with Crippen molar-refractivity contribution in [3.63, 3.8) is 0 Å². The number of nitrogens with zero attached hydrogens (tertiary/aromatic N) is 1. The molecule has 1 aliphatic carbocycles. The van der Waals surface area contributed by atoms with Gasteiger partial charge in [-0.05, 0) is 125 Å². The molecule has 11 rings (SSSR count). The largest absolute Gasteiger partial charge is 0.311 e. The summed E-state index contributed by atoms with van der Waals surface area (Å²) in [6.45, 7) is 4.82. The summed E-state index contributed by atoms with van der Waals surface area (Å²) in [5.41, 5.74) is 18.3. The zero-order chi connectivity index (χ0) is 40.2. The molecule has 60 heavy (non-hydrogen) atoms. The molecule has 0 amide bonds. The van der Waals surface area contributed by atoms with Crippen molar-refractivity contribution < 1.29 is 0 Å². The van der Waals surface area contributed by atoms with Gasteiger partial charge in [-0.15, -0.1) is 0 Å². The molecular formula is C59H43N. The van der Waals surface area contributed by atoms with E-state index in [0.29, 0.717) is 0 Å². The average molecular weight is 766 g/mol. The van der Waals surface area contributed by atoms with Crippen LogP contribution in [0.25, 0.3) is 77.2 Å². The molecule has 0 aromatic heterocycles. The number of hydrogen-bond acceptors (Lipinski definition) is 1. The Balaban J connectivity index is 1.04. The van der Waals surface area contributed by atoms with E-state index in [9.17, 15) is 0 Å². The van der Waals surface area contributed by atoms with Crippen molar-refractivity contribution in [3.05, 3.63) is 236 Å². The minimum atomic E-state index is -0.235. The third kappa shape index (κ3) is 5.93. The van der Waals surface area contributed by atoms with Crippen LogP contribution in [0.5, 0.6) is 0 Å². The van der Waals surface area contributed by atoms with E-state index in [2.05, 4.69) is 243 Å². The monoisotopic (exact) mass is 765 g/mol. The summed E-state index contributed by atoms with van der Waals surface area (Å²) >= 11 is 0. The Hall–Kier alpha value is -7.48. The van der Waals surface area contributed by atoms with Gasteiger partial charge in [-0.25, -0.2) is 0 Å². The lowest BCUT2D eigenvalue weighted by atomic mass is 9.65. The second-order valence-corrected chi connectivity index (χ2v) is 16.5. The van der Waals surface area contributed by atoms with E-state index in [1.54, 1.807) is 0 Å². The molecular weight excluding hydrogens is 723 g/mol. The fourth-order valence-corrected chi connectivity index (χ4v) is 9.78. The van der Waals surface area contributed by atoms with Crippen LogP contribution in [0.3, 0.4) is 0 Å². The van der Waals surface area contributed by atoms with Gasteiger partial charge in [0.25, 0.3) is 0 Å². The summed E-state index contributed by atoms with van der Waals surface area (Å²) < 4.78 is 0. The van der Waals surface area contributed by atoms with Crippen molar-refractivity contribution in [2.45, 2.75) is 19.3 Å².